The molecule has 0 aliphatic carbocycles. The summed E-state index contributed by atoms with van der Waals surface area (Å²) in [6, 6.07) is 0. The Morgan fingerprint density at radius 2 is 1.70 bits per heavy atom. The largest absolute Gasteiger partial charge is 0.294 e. The lowest BCUT2D eigenvalue weighted by atomic mass is 10.1. The molecule has 0 spiro atoms. The number of aromatic nitrogens is 1. The van der Waals surface area contributed by atoms with Crippen molar-refractivity contribution in [2.45, 2.75) is 13.8 Å². The summed E-state index contributed by atoms with van der Waals surface area (Å²) in [6.45, 7) is 19.4. The van der Waals surface area contributed by atoms with Crippen LogP contribution in [0.15, 0.2) is 67.8 Å². The molecule has 1 heterocycles. The van der Waals surface area contributed by atoms with E-state index in [4.69, 9.17) is 0 Å². The van der Waals surface area contributed by atoms with Crippen LogP contribution >= 0.6 is 0 Å². The van der Waals surface area contributed by atoms with Crippen molar-refractivity contribution >= 4 is 36.0 Å². The second kappa shape index (κ2) is 9.21. The van der Waals surface area contributed by atoms with Crippen molar-refractivity contribution in [3.63, 3.8) is 0 Å². The van der Waals surface area contributed by atoms with Crippen LogP contribution in [-0.2, 0) is 0 Å². The fourth-order valence-electron chi connectivity index (χ4n) is 2.37. The first-order chi connectivity index (χ1) is 11.2. The van der Waals surface area contributed by atoms with Gasteiger partial charge in [0.2, 0.25) is 0 Å². The lowest BCUT2D eigenvalue weighted by molar-refractivity contribution is 1.09. The van der Waals surface area contributed by atoms with E-state index in [0.29, 0.717) is 0 Å². The molecular formula is C21H24N2. The van der Waals surface area contributed by atoms with Gasteiger partial charge in [0.15, 0.2) is 0 Å². The van der Waals surface area contributed by atoms with Gasteiger partial charge in [-0.15, -0.1) is 0 Å². The Bertz CT molecular complexity index is 720. The van der Waals surface area contributed by atoms with E-state index in [0.717, 1.165) is 28.3 Å². The molecule has 23 heavy (non-hydrogen) atoms. The fraction of sp³-hybridized carbons (Fsp3) is 0.0952. The Labute approximate surface area is 139 Å². The average molecular weight is 304 g/mol. The zero-order valence-electron chi connectivity index (χ0n) is 14.0. The van der Waals surface area contributed by atoms with Crippen LogP contribution in [0.5, 0.6) is 0 Å². The quantitative estimate of drug-likeness (QED) is 0.396. The van der Waals surface area contributed by atoms with E-state index in [1.54, 1.807) is 18.4 Å². The Hall–Kier alpha value is -2.87. The lowest BCUT2D eigenvalue weighted by Crippen LogP contribution is -1.97. The third-order valence-corrected chi connectivity index (χ3v) is 3.18. The maximum Gasteiger partial charge on any atom is 0.145 e. The minimum atomic E-state index is 0.786. The molecule has 0 unspecified atom stereocenters. The number of rotatable bonds is 8. The van der Waals surface area contributed by atoms with Gasteiger partial charge in [-0.1, -0.05) is 62.8 Å². The van der Waals surface area contributed by atoms with Crippen molar-refractivity contribution in [2.24, 2.45) is 4.99 Å². The highest BCUT2D eigenvalue weighted by Crippen LogP contribution is 2.36. The van der Waals surface area contributed by atoms with Crippen molar-refractivity contribution in [1.82, 2.24) is 4.57 Å². The molecule has 0 N–H and O–H groups in total. The SMILES string of the molecule is C=CC=Nc1c(C=C)c(/C=C\C)c(C=C)n1C(/C=C\C)=C/C=C. The highest BCUT2D eigenvalue weighted by atomic mass is 15.1. The molecule has 0 saturated heterocycles. The van der Waals surface area contributed by atoms with Crippen molar-refractivity contribution < 1.29 is 0 Å². The van der Waals surface area contributed by atoms with Crippen LogP contribution in [-0.4, -0.2) is 10.8 Å². The number of hydrogen-bond acceptors (Lipinski definition) is 1. The number of aliphatic imine (C=N–C) groups is 1. The molecule has 0 amide bonds. The van der Waals surface area contributed by atoms with Gasteiger partial charge in [-0.3, -0.25) is 4.57 Å². The molecule has 2 heteroatoms. The molecule has 118 valence electrons. The lowest BCUT2D eigenvalue weighted by Gasteiger charge is -2.10. The molecule has 1 aromatic heterocycles. The Morgan fingerprint density at radius 3 is 2.17 bits per heavy atom. The summed E-state index contributed by atoms with van der Waals surface area (Å²) in [5.74, 6) is 0.786. The van der Waals surface area contributed by atoms with Crippen LogP contribution in [0.25, 0.3) is 23.9 Å². The van der Waals surface area contributed by atoms with Gasteiger partial charge in [-0.25, -0.2) is 4.99 Å². The predicted octanol–water partition coefficient (Wildman–Crippen LogP) is 6.30. The summed E-state index contributed by atoms with van der Waals surface area (Å²) >= 11 is 0. The first-order valence-electron chi connectivity index (χ1n) is 7.47. The summed E-state index contributed by atoms with van der Waals surface area (Å²) in [4.78, 5) is 4.55. The molecule has 2 nitrogen and oxygen atoms in total. The molecule has 0 radical (unpaired) electrons. The molecule has 1 aromatic rings. The number of nitrogens with zero attached hydrogens (tertiary/aromatic N) is 2. The summed E-state index contributed by atoms with van der Waals surface area (Å²) < 4.78 is 2.04. The van der Waals surface area contributed by atoms with Crippen molar-refractivity contribution in [2.75, 3.05) is 0 Å². The van der Waals surface area contributed by atoms with Crippen LogP contribution in [0.1, 0.15) is 30.7 Å². The highest BCUT2D eigenvalue weighted by molar-refractivity contribution is 5.86. The molecule has 0 bridgehead atoms. The van der Waals surface area contributed by atoms with Gasteiger partial charge in [-0.2, -0.15) is 0 Å². The zero-order chi connectivity index (χ0) is 17.2. The maximum atomic E-state index is 4.55. The Balaban J connectivity index is 3.97. The van der Waals surface area contributed by atoms with Crippen LogP contribution < -0.4 is 0 Å². The monoisotopic (exact) mass is 304 g/mol. The first kappa shape index (κ1) is 18.2. The second-order valence-corrected chi connectivity index (χ2v) is 4.62. The Kier molecular flexibility index (Phi) is 7.28. The molecule has 1 rings (SSSR count). The molecule has 0 aromatic carbocycles. The second-order valence-electron chi connectivity index (χ2n) is 4.62. The molecule has 0 aliphatic heterocycles. The smallest absolute Gasteiger partial charge is 0.145 e. The van der Waals surface area contributed by atoms with Gasteiger partial charge in [0, 0.05) is 23.0 Å². The molecule has 0 atom stereocenters. The minimum absolute atomic E-state index is 0.786. The van der Waals surface area contributed by atoms with E-state index in [1.165, 1.54) is 0 Å². The first-order valence-corrected chi connectivity index (χ1v) is 7.47. The number of allylic oxidation sites excluding steroid dienone is 7. The summed E-state index contributed by atoms with van der Waals surface area (Å²) in [5.41, 5.74) is 3.90. The van der Waals surface area contributed by atoms with E-state index >= 15 is 0 Å². The van der Waals surface area contributed by atoms with Crippen LogP contribution in [0.3, 0.4) is 0 Å². The van der Waals surface area contributed by atoms with Gasteiger partial charge in [-0.05, 0) is 32.1 Å². The van der Waals surface area contributed by atoms with E-state index in [1.807, 2.05) is 60.9 Å². The van der Waals surface area contributed by atoms with Crippen LogP contribution in [0.2, 0.25) is 0 Å². The fourth-order valence-corrected chi connectivity index (χ4v) is 2.37. The van der Waals surface area contributed by atoms with Crippen molar-refractivity contribution in [1.29, 1.82) is 0 Å². The number of hydrogen-bond donors (Lipinski definition) is 0. The maximum absolute atomic E-state index is 4.55. The minimum Gasteiger partial charge on any atom is -0.294 e. The predicted molar refractivity (Wildman–Crippen MR) is 107 cm³/mol. The zero-order valence-corrected chi connectivity index (χ0v) is 14.0. The third-order valence-electron chi connectivity index (χ3n) is 3.18. The highest BCUT2D eigenvalue weighted by Gasteiger charge is 2.18. The van der Waals surface area contributed by atoms with Gasteiger partial charge in [0.05, 0.1) is 5.69 Å². The molecule has 0 aliphatic rings. The summed E-state index contributed by atoms with van der Waals surface area (Å²) in [6.07, 6.45) is 18.7. The third kappa shape index (κ3) is 3.86. The van der Waals surface area contributed by atoms with E-state index < -0.39 is 0 Å². The van der Waals surface area contributed by atoms with Crippen molar-refractivity contribution in [3.05, 3.63) is 79.6 Å². The van der Waals surface area contributed by atoms with Gasteiger partial charge < -0.3 is 0 Å². The van der Waals surface area contributed by atoms with E-state index in [2.05, 4.69) is 31.3 Å². The van der Waals surface area contributed by atoms with Crippen LogP contribution in [0, 0.1) is 0 Å². The van der Waals surface area contributed by atoms with E-state index in [9.17, 15) is 0 Å². The van der Waals surface area contributed by atoms with Gasteiger partial charge >= 0.3 is 0 Å². The standard InChI is InChI=1S/C21H24N2/c1-7-13-17(14-8-2)23-20(12-6)19(15-9-3)18(11-5)21(23)22-16-10-4/h7-16H,1,4-6H2,2-3H3/b14-8-,15-9-,17-13+,22-16?. The van der Waals surface area contributed by atoms with E-state index in [-0.39, 0.29) is 0 Å². The topological polar surface area (TPSA) is 17.3 Å². The van der Waals surface area contributed by atoms with Crippen LogP contribution in [0.4, 0.5) is 5.82 Å². The molecule has 0 saturated carbocycles. The van der Waals surface area contributed by atoms with Gasteiger partial charge in [0.1, 0.15) is 5.82 Å². The molecular weight excluding hydrogens is 280 g/mol. The summed E-state index contributed by atoms with van der Waals surface area (Å²) in [5, 5.41) is 0. The molecule has 0 fully saturated rings. The Morgan fingerprint density at radius 1 is 0.957 bits per heavy atom. The average Bonchev–Trinajstić information content (AvgIpc) is 2.85. The summed E-state index contributed by atoms with van der Waals surface area (Å²) in [7, 11) is 0. The normalized spacial score (nSPS) is 12.3. The van der Waals surface area contributed by atoms with Gasteiger partial charge in [0.25, 0.3) is 0 Å². The van der Waals surface area contributed by atoms with Crippen molar-refractivity contribution in [3.8, 4) is 0 Å².